The number of fused-ring (bicyclic) bond motifs is 2. The van der Waals surface area contributed by atoms with Crippen LogP contribution in [0.4, 0.5) is 0 Å². The minimum Gasteiger partial charge on any atom is -0.368 e. The Bertz CT molecular complexity index is 283. The Morgan fingerprint density at radius 3 is 3.08 bits per heavy atom. The molecule has 0 aromatic rings. The zero-order valence-corrected chi connectivity index (χ0v) is 7.42. The summed E-state index contributed by atoms with van der Waals surface area (Å²) in [6, 6.07) is 1.98. The molecule has 4 heteroatoms. The van der Waals surface area contributed by atoms with E-state index in [1.807, 2.05) is 0 Å². The van der Waals surface area contributed by atoms with Crippen LogP contribution in [0.5, 0.6) is 0 Å². The lowest BCUT2D eigenvalue weighted by atomic mass is 9.95. The van der Waals surface area contributed by atoms with Gasteiger partial charge in [0.25, 0.3) is 0 Å². The van der Waals surface area contributed by atoms with Gasteiger partial charge in [0.1, 0.15) is 0 Å². The van der Waals surface area contributed by atoms with Crippen LogP contribution in [0.1, 0.15) is 25.7 Å². The van der Waals surface area contributed by atoms with Crippen molar-refractivity contribution in [3.05, 3.63) is 0 Å². The summed E-state index contributed by atoms with van der Waals surface area (Å²) in [5.74, 6) is 0.0929. The van der Waals surface area contributed by atoms with Crippen molar-refractivity contribution in [1.29, 1.82) is 5.26 Å². The first-order valence-corrected chi connectivity index (χ1v) is 4.61. The lowest BCUT2D eigenvalue weighted by molar-refractivity contribution is -0.121. The summed E-state index contributed by atoms with van der Waals surface area (Å²) in [5, 5.41) is 11.9. The van der Waals surface area contributed by atoms with Gasteiger partial charge >= 0.3 is 0 Å². The van der Waals surface area contributed by atoms with Crippen molar-refractivity contribution in [3.8, 4) is 6.07 Å². The summed E-state index contributed by atoms with van der Waals surface area (Å²) in [6.07, 6.45) is 3.47. The van der Waals surface area contributed by atoms with Gasteiger partial charge in [-0.25, -0.2) is 0 Å². The fourth-order valence-corrected chi connectivity index (χ4v) is 2.70. The van der Waals surface area contributed by atoms with E-state index >= 15 is 0 Å². The highest BCUT2D eigenvalue weighted by atomic mass is 16.1. The van der Waals surface area contributed by atoms with E-state index < -0.39 is 0 Å². The predicted octanol–water partition coefficient (Wildman–Crippen LogP) is -0.104. The van der Waals surface area contributed by atoms with Crippen LogP contribution in [0.25, 0.3) is 0 Å². The minimum absolute atomic E-state index is 0.0981. The monoisotopic (exact) mass is 179 g/mol. The highest BCUT2D eigenvalue weighted by molar-refractivity contribution is 5.81. The van der Waals surface area contributed by atoms with Crippen LogP contribution in [0.2, 0.25) is 0 Å². The summed E-state index contributed by atoms with van der Waals surface area (Å²) >= 11 is 0. The van der Waals surface area contributed by atoms with E-state index in [0.717, 1.165) is 19.3 Å². The molecule has 2 aliphatic rings. The largest absolute Gasteiger partial charge is 0.368 e. The molecule has 1 amide bonds. The number of primary amides is 1. The van der Waals surface area contributed by atoms with Crippen molar-refractivity contribution in [2.75, 3.05) is 0 Å². The van der Waals surface area contributed by atoms with E-state index in [1.54, 1.807) is 0 Å². The maximum absolute atomic E-state index is 11.0. The van der Waals surface area contributed by atoms with Gasteiger partial charge in [0, 0.05) is 5.54 Å². The Hall–Kier alpha value is -1.08. The van der Waals surface area contributed by atoms with Gasteiger partial charge < -0.3 is 5.73 Å². The number of nitrogens with two attached hydrogens (primary N) is 1. The third-order valence-corrected chi connectivity index (χ3v) is 3.30. The van der Waals surface area contributed by atoms with Gasteiger partial charge in [-0.2, -0.15) is 5.26 Å². The van der Waals surface area contributed by atoms with Crippen LogP contribution in [-0.2, 0) is 4.79 Å². The summed E-state index contributed by atoms with van der Waals surface area (Å²) in [4.78, 5) is 11.0. The molecule has 0 aromatic heterocycles. The Kier molecular flexibility index (Phi) is 1.77. The molecule has 13 heavy (non-hydrogen) atoms. The maximum Gasteiger partial charge on any atom is 0.234 e. The Morgan fingerprint density at radius 2 is 2.54 bits per heavy atom. The number of carbonyl (C=O) groups is 1. The van der Waals surface area contributed by atoms with E-state index in [0.29, 0.717) is 12.3 Å². The number of piperidine rings is 1. The van der Waals surface area contributed by atoms with E-state index in [-0.39, 0.29) is 17.5 Å². The van der Waals surface area contributed by atoms with Crippen molar-refractivity contribution < 1.29 is 4.79 Å². The quantitative estimate of drug-likeness (QED) is 0.621. The van der Waals surface area contributed by atoms with Crippen molar-refractivity contribution in [2.24, 2.45) is 11.7 Å². The van der Waals surface area contributed by atoms with Crippen LogP contribution < -0.4 is 11.1 Å². The van der Waals surface area contributed by atoms with Gasteiger partial charge in [-0.15, -0.1) is 0 Å². The Labute approximate surface area is 77.1 Å². The molecule has 2 bridgehead atoms. The number of hydrogen-bond acceptors (Lipinski definition) is 3. The number of rotatable bonds is 2. The normalized spacial score (nSPS) is 41.8. The molecule has 1 heterocycles. The number of nitrogens with zero attached hydrogens (tertiary/aromatic N) is 1. The zero-order chi connectivity index (χ0) is 9.47. The molecule has 3 N–H and O–H groups in total. The first-order chi connectivity index (χ1) is 6.17. The number of amides is 1. The van der Waals surface area contributed by atoms with E-state index in [4.69, 9.17) is 11.0 Å². The second-order valence-electron chi connectivity index (χ2n) is 4.14. The summed E-state index contributed by atoms with van der Waals surface area (Å²) < 4.78 is 0. The smallest absolute Gasteiger partial charge is 0.234 e. The summed E-state index contributed by atoms with van der Waals surface area (Å²) in [7, 11) is 0. The van der Waals surface area contributed by atoms with E-state index in [1.165, 1.54) is 0 Å². The molecule has 1 aliphatic heterocycles. The van der Waals surface area contributed by atoms with Crippen molar-refractivity contribution >= 4 is 5.91 Å². The molecule has 2 rings (SSSR count). The molecule has 3 unspecified atom stereocenters. The average Bonchev–Trinajstić information content (AvgIpc) is 2.61. The molecule has 0 radical (unpaired) electrons. The van der Waals surface area contributed by atoms with Crippen LogP contribution >= 0.6 is 0 Å². The topological polar surface area (TPSA) is 78.9 Å². The molecule has 70 valence electrons. The lowest BCUT2D eigenvalue weighted by Crippen LogP contribution is -2.51. The second-order valence-corrected chi connectivity index (χ2v) is 4.14. The third kappa shape index (κ3) is 1.20. The maximum atomic E-state index is 11.0. The standard InChI is InChI=1S/C9H13N3O/c10-4-3-9-2-1-6(5-9)7(12-9)8(11)13/h6-7,12H,1-3,5H2,(H2,11,13). The Morgan fingerprint density at radius 1 is 1.77 bits per heavy atom. The highest BCUT2D eigenvalue weighted by Gasteiger charge is 2.51. The van der Waals surface area contributed by atoms with Crippen LogP contribution in [0.3, 0.4) is 0 Å². The minimum atomic E-state index is -0.274. The van der Waals surface area contributed by atoms with Crippen molar-refractivity contribution in [2.45, 2.75) is 37.3 Å². The first-order valence-electron chi connectivity index (χ1n) is 4.61. The number of carbonyl (C=O) groups excluding carboxylic acids is 1. The fraction of sp³-hybridized carbons (Fsp3) is 0.778. The van der Waals surface area contributed by atoms with E-state index in [2.05, 4.69) is 11.4 Å². The third-order valence-electron chi connectivity index (χ3n) is 3.30. The molecule has 0 aromatic carbocycles. The molecule has 1 saturated carbocycles. The van der Waals surface area contributed by atoms with Gasteiger partial charge in [0.05, 0.1) is 18.5 Å². The number of nitriles is 1. The number of nitrogens with one attached hydrogen (secondary N) is 1. The van der Waals surface area contributed by atoms with Gasteiger partial charge in [-0.3, -0.25) is 10.1 Å². The van der Waals surface area contributed by atoms with Gasteiger partial charge in [0.2, 0.25) is 5.91 Å². The predicted molar refractivity (Wildman–Crippen MR) is 46.4 cm³/mol. The summed E-state index contributed by atoms with van der Waals surface area (Å²) in [5.41, 5.74) is 5.16. The van der Waals surface area contributed by atoms with E-state index in [9.17, 15) is 4.79 Å². The molecular formula is C9H13N3O. The Balaban J connectivity index is 2.13. The lowest BCUT2D eigenvalue weighted by Gasteiger charge is -2.28. The molecule has 3 atom stereocenters. The zero-order valence-electron chi connectivity index (χ0n) is 7.42. The fourth-order valence-electron chi connectivity index (χ4n) is 2.70. The molecule has 1 saturated heterocycles. The van der Waals surface area contributed by atoms with Gasteiger partial charge in [-0.1, -0.05) is 0 Å². The number of hydrogen-bond donors (Lipinski definition) is 2. The second kappa shape index (κ2) is 2.71. The molecule has 4 nitrogen and oxygen atoms in total. The van der Waals surface area contributed by atoms with Gasteiger partial charge in [0.15, 0.2) is 0 Å². The van der Waals surface area contributed by atoms with Crippen LogP contribution in [-0.4, -0.2) is 17.5 Å². The van der Waals surface area contributed by atoms with Crippen LogP contribution in [0, 0.1) is 17.2 Å². The first kappa shape index (κ1) is 8.52. The summed E-state index contributed by atoms with van der Waals surface area (Å²) in [6.45, 7) is 0. The SMILES string of the molecule is N#CCC12CCC(C1)C(C(N)=O)N2. The van der Waals surface area contributed by atoms with Crippen molar-refractivity contribution in [3.63, 3.8) is 0 Å². The molecular weight excluding hydrogens is 166 g/mol. The van der Waals surface area contributed by atoms with Crippen LogP contribution in [0.15, 0.2) is 0 Å². The molecule has 0 spiro atoms. The van der Waals surface area contributed by atoms with Gasteiger partial charge in [-0.05, 0) is 25.2 Å². The average molecular weight is 179 g/mol. The van der Waals surface area contributed by atoms with Crippen molar-refractivity contribution in [1.82, 2.24) is 5.32 Å². The molecule has 2 fully saturated rings. The highest BCUT2D eigenvalue weighted by Crippen LogP contribution is 2.44. The molecule has 1 aliphatic carbocycles.